The number of benzene rings is 2. The summed E-state index contributed by atoms with van der Waals surface area (Å²) in [6.45, 7) is 0.0435. The number of rotatable bonds is 9. The molecule has 10 heteroatoms. The van der Waals surface area contributed by atoms with Gasteiger partial charge < -0.3 is 19.2 Å². The largest absolute Gasteiger partial charge is 0.489 e. The van der Waals surface area contributed by atoms with Gasteiger partial charge in [0, 0.05) is 28.1 Å². The van der Waals surface area contributed by atoms with Gasteiger partial charge in [-0.3, -0.25) is 9.59 Å². The summed E-state index contributed by atoms with van der Waals surface area (Å²) in [5, 5.41) is 6.75. The molecule has 0 aliphatic heterocycles. The maximum Gasteiger partial charge on any atom is 0.336 e. The summed E-state index contributed by atoms with van der Waals surface area (Å²) in [4.78, 5) is 39.9. The fourth-order valence-corrected chi connectivity index (χ4v) is 4.67. The number of amides is 1. The van der Waals surface area contributed by atoms with E-state index < -0.39 is 17.5 Å². The van der Waals surface area contributed by atoms with Crippen LogP contribution in [-0.4, -0.2) is 24.5 Å². The minimum atomic E-state index is -0.587. The Hall–Kier alpha value is -4.30. The second-order valence-electron chi connectivity index (χ2n) is 9.66. The van der Waals surface area contributed by atoms with Gasteiger partial charge in [-0.25, -0.2) is 4.79 Å². The van der Waals surface area contributed by atoms with E-state index in [0.717, 1.165) is 44.1 Å². The van der Waals surface area contributed by atoms with E-state index in [4.69, 9.17) is 19.4 Å². The molecule has 1 N–H and O–H groups in total. The van der Waals surface area contributed by atoms with Crippen LogP contribution < -0.4 is 15.7 Å². The van der Waals surface area contributed by atoms with Crippen molar-refractivity contribution in [3.8, 4) is 5.75 Å². The summed E-state index contributed by atoms with van der Waals surface area (Å²) in [5.41, 5.74) is 10.1. The van der Waals surface area contributed by atoms with Gasteiger partial charge in [-0.15, -0.1) is 0 Å². The molecule has 1 amide bonds. The first-order valence-corrected chi connectivity index (χ1v) is 13.3. The highest BCUT2D eigenvalue weighted by atomic mass is 16.5. The first-order chi connectivity index (χ1) is 19.0. The smallest absolute Gasteiger partial charge is 0.336 e. The Bertz CT molecular complexity index is 1390. The van der Waals surface area contributed by atoms with Crippen LogP contribution in [0.3, 0.4) is 0 Å². The Morgan fingerprint density at radius 1 is 1.00 bits per heavy atom. The predicted octanol–water partition coefficient (Wildman–Crippen LogP) is 6.02. The standard InChI is InChI=1S/C29H32N4O6/c30-33-32-22-11-9-20(10-12-22)19-37-24-13-14-25-21(16-28(35)39-26(25)17-24)15-27(34)31-18-29(36)38-23-7-5-3-1-2-4-6-8-23/h9-14,16-17,23H,1-8,15,18-19H2,(H,31,34). The fourth-order valence-electron chi connectivity index (χ4n) is 4.67. The molecule has 10 nitrogen and oxygen atoms in total. The van der Waals surface area contributed by atoms with Crippen LogP contribution in [0.5, 0.6) is 5.75 Å². The second-order valence-corrected chi connectivity index (χ2v) is 9.66. The third-order valence-electron chi connectivity index (χ3n) is 6.68. The molecule has 39 heavy (non-hydrogen) atoms. The summed E-state index contributed by atoms with van der Waals surface area (Å²) in [5.74, 6) is -0.351. The monoisotopic (exact) mass is 532 g/mol. The molecule has 1 heterocycles. The Morgan fingerprint density at radius 2 is 1.72 bits per heavy atom. The van der Waals surface area contributed by atoms with E-state index in [-0.39, 0.29) is 25.7 Å². The van der Waals surface area contributed by atoms with Gasteiger partial charge in [0.05, 0.1) is 6.42 Å². The third-order valence-corrected chi connectivity index (χ3v) is 6.68. The lowest BCUT2D eigenvalue weighted by Crippen LogP contribution is -2.33. The lowest BCUT2D eigenvalue weighted by molar-refractivity contribution is -0.149. The van der Waals surface area contributed by atoms with Crippen molar-refractivity contribution in [2.24, 2.45) is 5.11 Å². The van der Waals surface area contributed by atoms with Crippen LogP contribution in [0.15, 0.2) is 62.9 Å². The van der Waals surface area contributed by atoms with E-state index in [9.17, 15) is 14.4 Å². The van der Waals surface area contributed by atoms with Crippen molar-refractivity contribution >= 4 is 28.5 Å². The van der Waals surface area contributed by atoms with Crippen molar-refractivity contribution in [1.29, 1.82) is 0 Å². The molecule has 0 saturated heterocycles. The molecule has 0 unspecified atom stereocenters. The van der Waals surface area contributed by atoms with E-state index in [1.165, 1.54) is 18.9 Å². The number of carbonyl (C=O) groups is 2. The number of carbonyl (C=O) groups excluding carboxylic acids is 2. The van der Waals surface area contributed by atoms with Gasteiger partial charge in [-0.1, -0.05) is 55.1 Å². The zero-order chi connectivity index (χ0) is 27.5. The minimum absolute atomic E-state index is 0.0868. The number of hydrogen-bond donors (Lipinski definition) is 1. The molecule has 3 aromatic rings. The number of ether oxygens (including phenoxy) is 2. The number of hydrogen-bond acceptors (Lipinski definition) is 7. The van der Waals surface area contributed by atoms with Crippen molar-refractivity contribution < 1.29 is 23.5 Å². The molecule has 0 spiro atoms. The average Bonchev–Trinajstić information content (AvgIpc) is 3.05. The molecule has 2 aromatic carbocycles. The van der Waals surface area contributed by atoms with E-state index in [0.29, 0.717) is 28.0 Å². The molecule has 1 aliphatic carbocycles. The van der Waals surface area contributed by atoms with Gasteiger partial charge in [0.1, 0.15) is 30.6 Å². The van der Waals surface area contributed by atoms with Crippen LogP contribution in [0.4, 0.5) is 5.69 Å². The molecule has 1 saturated carbocycles. The lowest BCUT2D eigenvalue weighted by atomic mass is 10.1. The van der Waals surface area contributed by atoms with Gasteiger partial charge >= 0.3 is 11.6 Å². The van der Waals surface area contributed by atoms with Crippen molar-refractivity contribution in [3.05, 3.63) is 80.5 Å². The number of azide groups is 1. The highest BCUT2D eigenvalue weighted by Gasteiger charge is 2.17. The topological polar surface area (TPSA) is 144 Å². The summed E-state index contributed by atoms with van der Waals surface area (Å²) < 4.78 is 16.8. The quantitative estimate of drug-likeness (QED) is 0.117. The molecular weight excluding hydrogens is 500 g/mol. The molecule has 0 bridgehead atoms. The molecule has 0 atom stereocenters. The average molecular weight is 533 g/mol. The van der Waals surface area contributed by atoms with Crippen molar-refractivity contribution in [2.75, 3.05) is 6.54 Å². The molecule has 1 fully saturated rings. The van der Waals surface area contributed by atoms with Gasteiger partial charge in [0.15, 0.2) is 0 Å². The summed E-state index contributed by atoms with van der Waals surface area (Å²) in [7, 11) is 0. The summed E-state index contributed by atoms with van der Waals surface area (Å²) >= 11 is 0. The van der Waals surface area contributed by atoms with Gasteiger partial charge in [0.2, 0.25) is 5.91 Å². The van der Waals surface area contributed by atoms with Crippen LogP contribution >= 0.6 is 0 Å². The van der Waals surface area contributed by atoms with Gasteiger partial charge in [-0.2, -0.15) is 0 Å². The number of nitrogens with one attached hydrogen (secondary N) is 1. The van der Waals surface area contributed by atoms with Crippen LogP contribution in [0.2, 0.25) is 0 Å². The predicted molar refractivity (Wildman–Crippen MR) is 146 cm³/mol. The van der Waals surface area contributed by atoms with Gasteiger partial charge in [-0.05, 0) is 54.5 Å². The first-order valence-electron chi connectivity index (χ1n) is 13.3. The molecule has 4 rings (SSSR count). The van der Waals surface area contributed by atoms with Crippen molar-refractivity contribution in [3.63, 3.8) is 0 Å². The van der Waals surface area contributed by atoms with Crippen LogP contribution in [0, 0.1) is 0 Å². The normalized spacial score (nSPS) is 14.4. The minimum Gasteiger partial charge on any atom is -0.489 e. The molecular formula is C29H32N4O6. The Labute approximate surface area is 225 Å². The van der Waals surface area contributed by atoms with Crippen molar-refractivity contribution in [2.45, 2.75) is 70.5 Å². The van der Waals surface area contributed by atoms with Crippen LogP contribution in [0.25, 0.3) is 21.4 Å². The van der Waals surface area contributed by atoms with E-state index in [1.54, 1.807) is 42.5 Å². The van der Waals surface area contributed by atoms with E-state index >= 15 is 0 Å². The van der Waals surface area contributed by atoms with Crippen molar-refractivity contribution in [1.82, 2.24) is 5.32 Å². The number of fused-ring (bicyclic) bond motifs is 1. The summed E-state index contributed by atoms with van der Waals surface area (Å²) in [6.07, 6.45) is 8.41. The van der Waals surface area contributed by atoms with Crippen LogP contribution in [0.1, 0.15) is 62.5 Å². The second kappa shape index (κ2) is 14.0. The van der Waals surface area contributed by atoms with Gasteiger partial charge in [0.25, 0.3) is 0 Å². The highest BCUT2D eigenvalue weighted by Crippen LogP contribution is 2.24. The fraction of sp³-hybridized carbons (Fsp3) is 0.414. The molecule has 1 aromatic heterocycles. The third kappa shape index (κ3) is 8.61. The molecule has 0 radical (unpaired) electrons. The first kappa shape index (κ1) is 27.7. The van der Waals surface area contributed by atoms with Crippen LogP contribution in [-0.2, 0) is 27.4 Å². The Balaban J connectivity index is 1.33. The Morgan fingerprint density at radius 3 is 2.44 bits per heavy atom. The summed E-state index contributed by atoms with van der Waals surface area (Å²) in [6, 6.07) is 13.3. The zero-order valence-electron chi connectivity index (χ0n) is 21.8. The SMILES string of the molecule is [N-]=[N+]=Nc1ccc(COc2ccc3c(CC(=O)NCC(=O)OC4CCCCCCCC4)cc(=O)oc3c2)cc1. The van der Waals surface area contributed by atoms with E-state index in [2.05, 4.69) is 15.3 Å². The molecule has 1 aliphatic rings. The zero-order valence-corrected chi connectivity index (χ0v) is 21.8. The Kier molecular flexibility index (Phi) is 9.97. The maximum absolute atomic E-state index is 12.6. The number of nitrogens with zero attached hydrogens (tertiary/aromatic N) is 3. The maximum atomic E-state index is 12.6. The number of esters is 1. The highest BCUT2D eigenvalue weighted by molar-refractivity contribution is 5.89. The van der Waals surface area contributed by atoms with E-state index in [1.807, 2.05) is 0 Å². The molecule has 204 valence electrons. The lowest BCUT2D eigenvalue weighted by Gasteiger charge is -2.17.